The standard InChI is InChI=1S/C14H24N2O3/c1-4-11-12(17)15-14(3,10-6-7-10)13(18)16(11)8-9-19-5-2/h10-11H,4-9H2,1-3H3,(H,15,17). The highest BCUT2D eigenvalue weighted by atomic mass is 16.5. The molecule has 0 bridgehead atoms. The average Bonchev–Trinajstić information content (AvgIpc) is 3.20. The fourth-order valence-corrected chi connectivity index (χ4v) is 2.88. The lowest BCUT2D eigenvalue weighted by Crippen LogP contribution is -2.70. The Morgan fingerprint density at radius 1 is 1.37 bits per heavy atom. The van der Waals surface area contributed by atoms with Crippen LogP contribution in [-0.2, 0) is 14.3 Å². The van der Waals surface area contributed by atoms with Gasteiger partial charge in [0.1, 0.15) is 11.6 Å². The summed E-state index contributed by atoms with van der Waals surface area (Å²) >= 11 is 0. The number of amides is 2. The fourth-order valence-electron chi connectivity index (χ4n) is 2.88. The van der Waals surface area contributed by atoms with E-state index in [1.54, 1.807) is 4.90 Å². The molecule has 1 heterocycles. The van der Waals surface area contributed by atoms with E-state index in [0.29, 0.717) is 32.1 Å². The summed E-state index contributed by atoms with van der Waals surface area (Å²) in [5.74, 6) is 0.338. The van der Waals surface area contributed by atoms with Crippen LogP contribution in [0.15, 0.2) is 0 Å². The third kappa shape index (κ3) is 2.61. The second-order valence-corrected chi connectivity index (χ2v) is 5.59. The largest absolute Gasteiger partial charge is 0.380 e. The molecular formula is C14H24N2O3. The first-order chi connectivity index (χ1) is 9.04. The molecule has 2 fully saturated rings. The molecule has 0 aromatic carbocycles. The van der Waals surface area contributed by atoms with Gasteiger partial charge in [-0.15, -0.1) is 0 Å². The van der Waals surface area contributed by atoms with E-state index >= 15 is 0 Å². The van der Waals surface area contributed by atoms with Crippen LogP contribution in [0.3, 0.4) is 0 Å². The molecule has 0 spiro atoms. The van der Waals surface area contributed by atoms with Crippen molar-refractivity contribution in [3.8, 4) is 0 Å². The Bertz CT molecular complexity index is 368. The molecule has 19 heavy (non-hydrogen) atoms. The highest BCUT2D eigenvalue weighted by Crippen LogP contribution is 2.42. The third-order valence-electron chi connectivity index (χ3n) is 4.23. The minimum atomic E-state index is -0.699. The number of nitrogens with one attached hydrogen (secondary N) is 1. The average molecular weight is 268 g/mol. The van der Waals surface area contributed by atoms with E-state index < -0.39 is 5.54 Å². The molecule has 1 saturated carbocycles. The first kappa shape index (κ1) is 14.3. The van der Waals surface area contributed by atoms with Crippen LogP contribution >= 0.6 is 0 Å². The smallest absolute Gasteiger partial charge is 0.249 e. The summed E-state index contributed by atoms with van der Waals surface area (Å²) in [6, 6.07) is -0.347. The van der Waals surface area contributed by atoms with E-state index in [1.807, 2.05) is 20.8 Å². The minimum absolute atomic E-state index is 0.0204. The molecule has 0 radical (unpaired) electrons. The van der Waals surface area contributed by atoms with Crippen LogP contribution in [0.4, 0.5) is 0 Å². The van der Waals surface area contributed by atoms with Crippen LogP contribution < -0.4 is 5.32 Å². The molecule has 0 aromatic heterocycles. The summed E-state index contributed by atoms with van der Waals surface area (Å²) in [6.45, 7) is 7.35. The summed E-state index contributed by atoms with van der Waals surface area (Å²) < 4.78 is 5.33. The Kier molecular flexibility index (Phi) is 4.13. The number of ether oxygens (including phenoxy) is 1. The first-order valence-corrected chi connectivity index (χ1v) is 7.25. The SMILES string of the molecule is CCOCCN1C(=O)C(C)(C2CC2)NC(=O)C1CC. The van der Waals surface area contributed by atoms with Gasteiger partial charge in [0, 0.05) is 13.2 Å². The lowest BCUT2D eigenvalue weighted by atomic mass is 9.89. The van der Waals surface area contributed by atoms with Gasteiger partial charge in [0.2, 0.25) is 11.8 Å². The maximum atomic E-state index is 12.7. The molecule has 2 unspecified atom stereocenters. The minimum Gasteiger partial charge on any atom is -0.380 e. The molecule has 1 aliphatic heterocycles. The Morgan fingerprint density at radius 3 is 2.58 bits per heavy atom. The number of rotatable bonds is 6. The van der Waals surface area contributed by atoms with Crippen molar-refractivity contribution < 1.29 is 14.3 Å². The zero-order valence-electron chi connectivity index (χ0n) is 12.1. The maximum Gasteiger partial charge on any atom is 0.249 e. The molecule has 2 aliphatic rings. The van der Waals surface area contributed by atoms with E-state index in [4.69, 9.17) is 4.74 Å². The number of hydrogen-bond donors (Lipinski definition) is 1. The lowest BCUT2D eigenvalue weighted by Gasteiger charge is -2.44. The fraction of sp³-hybridized carbons (Fsp3) is 0.857. The number of nitrogens with zero attached hydrogens (tertiary/aromatic N) is 1. The summed E-state index contributed by atoms with van der Waals surface area (Å²) in [4.78, 5) is 26.6. The van der Waals surface area contributed by atoms with E-state index in [0.717, 1.165) is 12.8 Å². The van der Waals surface area contributed by atoms with Gasteiger partial charge >= 0.3 is 0 Å². The molecule has 1 N–H and O–H groups in total. The number of carbonyl (C=O) groups excluding carboxylic acids is 2. The van der Waals surface area contributed by atoms with Crippen LogP contribution in [0.1, 0.15) is 40.0 Å². The van der Waals surface area contributed by atoms with E-state index in [2.05, 4.69) is 5.32 Å². The second-order valence-electron chi connectivity index (χ2n) is 5.59. The maximum absolute atomic E-state index is 12.7. The van der Waals surface area contributed by atoms with Crippen molar-refractivity contribution in [2.75, 3.05) is 19.8 Å². The van der Waals surface area contributed by atoms with Gasteiger partial charge in [0.15, 0.2) is 0 Å². The zero-order valence-corrected chi connectivity index (χ0v) is 12.1. The molecular weight excluding hydrogens is 244 g/mol. The quantitative estimate of drug-likeness (QED) is 0.729. The Morgan fingerprint density at radius 2 is 2.05 bits per heavy atom. The van der Waals surface area contributed by atoms with Crippen LogP contribution in [0, 0.1) is 5.92 Å². The number of piperazine rings is 1. The number of hydrogen-bond acceptors (Lipinski definition) is 3. The van der Waals surface area contributed by atoms with Crippen molar-refractivity contribution in [1.82, 2.24) is 10.2 Å². The monoisotopic (exact) mass is 268 g/mol. The van der Waals surface area contributed by atoms with E-state index in [9.17, 15) is 9.59 Å². The summed E-state index contributed by atoms with van der Waals surface area (Å²) in [6.07, 6.45) is 2.70. The highest BCUT2D eigenvalue weighted by molar-refractivity contribution is 6.00. The van der Waals surface area contributed by atoms with Crippen molar-refractivity contribution in [2.24, 2.45) is 5.92 Å². The van der Waals surface area contributed by atoms with Crippen molar-refractivity contribution >= 4 is 11.8 Å². The molecule has 1 aliphatic carbocycles. The Labute approximate surface area is 114 Å². The molecule has 2 rings (SSSR count). The van der Waals surface area contributed by atoms with Crippen molar-refractivity contribution in [3.63, 3.8) is 0 Å². The first-order valence-electron chi connectivity index (χ1n) is 7.25. The Balaban J connectivity index is 2.14. The van der Waals surface area contributed by atoms with Gasteiger partial charge in [-0.2, -0.15) is 0 Å². The third-order valence-corrected chi connectivity index (χ3v) is 4.23. The Hall–Kier alpha value is -1.10. The summed E-state index contributed by atoms with van der Waals surface area (Å²) in [5, 5.41) is 2.95. The van der Waals surface area contributed by atoms with E-state index in [-0.39, 0.29) is 17.9 Å². The van der Waals surface area contributed by atoms with Gasteiger partial charge in [-0.3, -0.25) is 9.59 Å². The van der Waals surface area contributed by atoms with Crippen LogP contribution in [0.25, 0.3) is 0 Å². The van der Waals surface area contributed by atoms with Gasteiger partial charge < -0.3 is 15.0 Å². The van der Waals surface area contributed by atoms with Gasteiger partial charge in [0.05, 0.1) is 6.61 Å². The molecule has 1 saturated heterocycles. The predicted octanol–water partition coefficient (Wildman–Crippen LogP) is 0.929. The van der Waals surface area contributed by atoms with Crippen LogP contribution in [-0.4, -0.2) is 48.1 Å². The zero-order chi connectivity index (χ0) is 14.0. The predicted molar refractivity (Wildman–Crippen MR) is 71.6 cm³/mol. The highest BCUT2D eigenvalue weighted by Gasteiger charge is 2.54. The summed E-state index contributed by atoms with van der Waals surface area (Å²) in [7, 11) is 0. The lowest BCUT2D eigenvalue weighted by molar-refractivity contribution is -0.156. The molecule has 108 valence electrons. The molecule has 5 heteroatoms. The number of carbonyl (C=O) groups is 2. The van der Waals surface area contributed by atoms with Crippen molar-refractivity contribution in [3.05, 3.63) is 0 Å². The second kappa shape index (κ2) is 5.49. The normalized spacial score (nSPS) is 31.5. The summed E-state index contributed by atoms with van der Waals surface area (Å²) in [5.41, 5.74) is -0.699. The van der Waals surface area contributed by atoms with Crippen molar-refractivity contribution in [1.29, 1.82) is 0 Å². The topological polar surface area (TPSA) is 58.6 Å². The van der Waals surface area contributed by atoms with Crippen LogP contribution in [0.5, 0.6) is 0 Å². The molecule has 0 aromatic rings. The van der Waals surface area contributed by atoms with Gasteiger partial charge in [-0.25, -0.2) is 0 Å². The van der Waals surface area contributed by atoms with E-state index in [1.165, 1.54) is 0 Å². The van der Waals surface area contributed by atoms with Gasteiger partial charge in [-0.05, 0) is 39.0 Å². The van der Waals surface area contributed by atoms with Crippen molar-refractivity contribution in [2.45, 2.75) is 51.6 Å². The molecule has 2 amide bonds. The molecule has 5 nitrogen and oxygen atoms in total. The molecule has 2 atom stereocenters. The van der Waals surface area contributed by atoms with Gasteiger partial charge in [0.25, 0.3) is 0 Å². The van der Waals surface area contributed by atoms with Crippen LogP contribution in [0.2, 0.25) is 0 Å². The van der Waals surface area contributed by atoms with Gasteiger partial charge in [-0.1, -0.05) is 6.92 Å².